The largest absolute Gasteiger partial charge is 0.381 e. The lowest BCUT2D eigenvalue weighted by molar-refractivity contribution is -0.130. The van der Waals surface area contributed by atoms with Crippen LogP contribution in [0.15, 0.2) is 0 Å². The summed E-state index contributed by atoms with van der Waals surface area (Å²) in [6.07, 6.45) is 3.99. The number of piperidine rings is 1. The van der Waals surface area contributed by atoms with Gasteiger partial charge in [-0.15, -0.1) is 0 Å². The van der Waals surface area contributed by atoms with Crippen molar-refractivity contribution in [1.82, 2.24) is 4.90 Å². The van der Waals surface area contributed by atoms with E-state index in [1.54, 1.807) is 25.4 Å². The number of methoxy groups -OCH3 is 1. The summed E-state index contributed by atoms with van der Waals surface area (Å²) in [7, 11) is 1.70. The molecule has 0 aromatic heterocycles. The van der Waals surface area contributed by atoms with E-state index in [-0.39, 0.29) is 23.8 Å². The molecule has 0 bridgehead atoms. The minimum absolute atomic E-state index is 0.00680. The Labute approximate surface area is 102 Å². The molecule has 1 rings (SSSR count). The number of amides is 2. The molecule has 2 amide bonds. The summed E-state index contributed by atoms with van der Waals surface area (Å²) in [5.41, 5.74) is 5.14. The molecule has 97 valence electrons. The van der Waals surface area contributed by atoms with Gasteiger partial charge in [0, 0.05) is 26.1 Å². The van der Waals surface area contributed by atoms with Crippen LogP contribution in [0.3, 0.4) is 0 Å². The fourth-order valence-electron chi connectivity index (χ4n) is 1.83. The molecule has 0 unspecified atom stereocenters. The van der Waals surface area contributed by atoms with Crippen molar-refractivity contribution in [3.63, 3.8) is 0 Å². The van der Waals surface area contributed by atoms with E-state index in [0.29, 0.717) is 6.42 Å². The lowest BCUT2D eigenvalue weighted by atomic mass is 10.0. The molecule has 0 aromatic rings. The highest BCUT2D eigenvalue weighted by molar-refractivity contribution is 5.86. The van der Waals surface area contributed by atoms with Crippen molar-refractivity contribution in [3.05, 3.63) is 6.42 Å². The average molecular weight is 241 g/mol. The zero-order valence-corrected chi connectivity index (χ0v) is 10.5. The maximum absolute atomic E-state index is 11.8. The van der Waals surface area contributed by atoms with Gasteiger partial charge in [0.25, 0.3) is 0 Å². The number of hydrogen-bond donors (Lipinski definition) is 1. The van der Waals surface area contributed by atoms with Crippen molar-refractivity contribution in [1.29, 1.82) is 0 Å². The normalized spacial score (nSPS) is 19.1. The van der Waals surface area contributed by atoms with Gasteiger partial charge in [-0.05, 0) is 19.3 Å². The number of likely N-dealkylation sites (tertiary alicyclic amines) is 1. The predicted octanol–water partition coefficient (Wildman–Crippen LogP) is 0.340. The van der Waals surface area contributed by atoms with Gasteiger partial charge in [-0.2, -0.15) is 0 Å². The second kappa shape index (κ2) is 6.59. The van der Waals surface area contributed by atoms with Crippen LogP contribution >= 0.6 is 0 Å². The summed E-state index contributed by atoms with van der Waals surface area (Å²) in [5.74, 6) is -0.657. The van der Waals surface area contributed by atoms with Crippen LogP contribution in [0.25, 0.3) is 0 Å². The van der Waals surface area contributed by atoms with Crippen LogP contribution in [0.1, 0.15) is 26.2 Å². The Balaban J connectivity index is 2.27. The third-order valence-electron chi connectivity index (χ3n) is 3.22. The van der Waals surface area contributed by atoms with Crippen molar-refractivity contribution in [2.45, 2.75) is 32.3 Å². The number of nitrogens with two attached hydrogens (primary N) is 1. The molecule has 0 saturated carbocycles. The molecule has 2 N–H and O–H groups in total. The van der Waals surface area contributed by atoms with Crippen LogP contribution < -0.4 is 5.73 Å². The molecule has 1 aliphatic rings. The number of nitrogens with zero attached hydrogens (tertiary/aromatic N) is 1. The zero-order chi connectivity index (χ0) is 12.8. The Hall–Kier alpha value is -1.10. The first-order chi connectivity index (χ1) is 8.04. The van der Waals surface area contributed by atoms with Gasteiger partial charge in [0.2, 0.25) is 11.8 Å². The minimum Gasteiger partial charge on any atom is -0.381 e. The Morgan fingerprint density at radius 1 is 1.47 bits per heavy atom. The highest BCUT2D eigenvalue weighted by Crippen LogP contribution is 2.15. The molecular weight excluding hydrogens is 220 g/mol. The van der Waals surface area contributed by atoms with Crippen molar-refractivity contribution in [3.8, 4) is 0 Å². The maximum atomic E-state index is 11.8. The molecule has 0 spiro atoms. The van der Waals surface area contributed by atoms with Crippen LogP contribution in [-0.2, 0) is 14.3 Å². The lowest BCUT2D eigenvalue weighted by Gasteiger charge is -2.31. The summed E-state index contributed by atoms with van der Waals surface area (Å²) < 4.78 is 5.24. The van der Waals surface area contributed by atoms with Gasteiger partial charge < -0.3 is 15.4 Å². The van der Waals surface area contributed by atoms with Gasteiger partial charge in [0.1, 0.15) is 0 Å². The highest BCUT2D eigenvalue weighted by Gasteiger charge is 2.23. The molecule has 1 heterocycles. The Bertz CT molecular complexity index is 273. The molecule has 1 atom stereocenters. The zero-order valence-electron chi connectivity index (χ0n) is 10.5. The molecule has 0 aromatic carbocycles. The van der Waals surface area contributed by atoms with E-state index in [1.165, 1.54) is 0 Å². The molecule has 1 radical (unpaired) electrons. The second-order valence-corrected chi connectivity index (χ2v) is 4.50. The molecule has 1 saturated heterocycles. The summed E-state index contributed by atoms with van der Waals surface area (Å²) >= 11 is 0. The molecule has 1 fully saturated rings. The Morgan fingerprint density at radius 3 is 2.53 bits per heavy atom. The molecule has 5 nitrogen and oxygen atoms in total. The predicted molar refractivity (Wildman–Crippen MR) is 63.9 cm³/mol. The number of carbonyl (C=O) groups is 2. The number of carbonyl (C=O) groups excluding carboxylic acids is 2. The summed E-state index contributed by atoms with van der Waals surface area (Å²) in [6.45, 7) is 3.17. The lowest BCUT2D eigenvalue weighted by Crippen LogP contribution is -2.41. The standard InChI is InChI=1S/C12H21N2O3/c1-9(12(13)16)3-4-11(15)14-7-5-10(17-2)6-8-14/h4,9-10H,3,5-8H2,1-2H3,(H2,13,16)/t9-/m0/s1. The third kappa shape index (κ3) is 4.34. The van der Waals surface area contributed by atoms with Crippen LogP contribution in [0.4, 0.5) is 0 Å². The molecule has 17 heavy (non-hydrogen) atoms. The van der Waals surface area contributed by atoms with Gasteiger partial charge in [-0.3, -0.25) is 9.59 Å². The van der Waals surface area contributed by atoms with Crippen molar-refractivity contribution in [2.75, 3.05) is 20.2 Å². The fraction of sp³-hybridized carbons (Fsp3) is 0.750. The first kappa shape index (κ1) is 14.0. The first-order valence-corrected chi connectivity index (χ1v) is 5.98. The van der Waals surface area contributed by atoms with Crippen molar-refractivity contribution >= 4 is 11.8 Å². The monoisotopic (exact) mass is 241 g/mol. The maximum Gasteiger partial charge on any atom is 0.226 e. The number of rotatable bonds is 5. The van der Waals surface area contributed by atoms with E-state index in [9.17, 15) is 9.59 Å². The molecule has 5 heteroatoms. The van der Waals surface area contributed by atoms with Crippen LogP contribution in [0.5, 0.6) is 0 Å². The molecule has 0 aliphatic carbocycles. The quantitative estimate of drug-likeness (QED) is 0.754. The summed E-state index contributed by atoms with van der Waals surface area (Å²) in [5, 5.41) is 0. The van der Waals surface area contributed by atoms with Crippen molar-refractivity contribution < 1.29 is 14.3 Å². The van der Waals surface area contributed by atoms with Gasteiger partial charge in [-0.1, -0.05) is 6.92 Å². The third-order valence-corrected chi connectivity index (χ3v) is 3.22. The van der Waals surface area contributed by atoms with Crippen LogP contribution in [-0.4, -0.2) is 43.0 Å². The second-order valence-electron chi connectivity index (χ2n) is 4.50. The van der Waals surface area contributed by atoms with Crippen LogP contribution in [0, 0.1) is 12.3 Å². The minimum atomic E-state index is -0.368. The highest BCUT2D eigenvalue weighted by atomic mass is 16.5. The van der Waals surface area contributed by atoms with E-state index >= 15 is 0 Å². The summed E-state index contributed by atoms with van der Waals surface area (Å²) in [4.78, 5) is 24.4. The van der Waals surface area contributed by atoms with Gasteiger partial charge in [-0.25, -0.2) is 0 Å². The SMILES string of the molecule is COC1CCN(C(=O)[CH]C[C@H](C)C(N)=O)CC1. The number of ether oxygens (including phenoxy) is 1. The average Bonchev–Trinajstić information content (AvgIpc) is 2.35. The Kier molecular flexibility index (Phi) is 5.41. The van der Waals surface area contributed by atoms with Gasteiger partial charge >= 0.3 is 0 Å². The van der Waals surface area contributed by atoms with Crippen LogP contribution in [0.2, 0.25) is 0 Å². The fourth-order valence-corrected chi connectivity index (χ4v) is 1.83. The number of hydrogen-bond acceptors (Lipinski definition) is 3. The summed E-state index contributed by atoms with van der Waals surface area (Å²) in [6, 6.07) is 0. The van der Waals surface area contributed by atoms with E-state index in [4.69, 9.17) is 10.5 Å². The van der Waals surface area contributed by atoms with E-state index in [1.807, 2.05) is 0 Å². The van der Waals surface area contributed by atoms with Crippen molar-refractivity contribution in [2.24, 2.45) is 11.7 Å². The Morgan fingerprint density at radius 2 is 2.06 bits per heavy atom. The van der Waals surface area contributed by atoms with E-state index in [0.717, 1.165) is 25.9 Å². The van der Waals surface area contributed by atoms with Gasteiger partial charge in [0.15, 0.2) is 0 Å². The topological polar surface area (TPSA) is 72.6 Å². The molecular formula is C12H21N2O3. The van der Waals surface area contributed by atoms with Gasteiger partial charge in [0.05, 0.1) is 12.5 Å². The number of primary amides is 1. The van der Waals surface area contributed by atoms with E-state index in [2.05, 4.69) is 0 Å². The first-order valence-electron chi connectivity index (χ1n) is 5.98. The smallest absolute Gasteiger partial charge is 0.226 e. The molecule has 1 aliphatic heterocycles. The van der Waals surface area contributed by atoms with E-state index < -0.39 is 0 Å².